The molecule has 3 aromatic carbocycles. The lowest BCUT2D eigenvalue weighted by atomic mass is 10.2. The molecule has 3 aromatic rings. The number of hydrogen-bond acceptors (Lipinski definition) is 7. The molecule has 0 unspecified atom stereocenters. The number of oxime groups is 1. The Labute approximate surface area is 207 Å². The van der Waals surface area contributed by atoms with E-state index in [1.54, 1.807) is 36.4 Å². The molecular weight excluding hydrogens is 474 g/mol. The molecule has 1 N–H and O–H groups in total. The van der Waals surface area contributed by atoms with Crippen molar-refractivity contribution >= 4 is 35.1 Å². The van der Waals surface area contributed by atoms with Gasteiger partial charge in [0.1, 0.15) is 6.61 Å². The van der Waals surface area contributed by atoms with E-state index in [1.807, 2.05) is 26.0 Å². The third kappa shape index (κ3) is 7.72. The summed E-state index contributed by atoms with van der Waals surface area (Å²) in [5, 5.41) is 17.8. The van der Waals surface area contributed by atoms with Crippen molar-refractivity contribution in [2.45, 2.75) is 20.5 Å². The molecule has 9 nitrogen and oxygen atoms in total. The number of amides is 1. The molecule has 10 heteroatoms. The predicted octanol–water partition coefficient (Wildman–Crippen LogP) is 5.52. The summed E-state index contributed by atoms with van der Waals surface area (Å²) in [7, 11) is 0. The first kappa shape index (κ1) is 25.5. The van der Waals surface area contributed by atoms with Crippen LogP contribution in [-0.2, 0) is 16.2 Å². The van der Waals surface area contributed by atoms with Gasteiger partial charge in [0.15, 0.2) is 18.1 Å². The molecule has 182 valence electrons. The highest BCUT2D eigenvalue weighted by Gasteiger charge is 2.14. The van der Waals surface area contributed by atoms with Gasteiger partial charge in [0.05, 0.1) is 22.8 Å². The van der Waals surface area contributed by atoms with Gasteiger partial charge in [-0.25, -0.2) is 0 Å². The van der Waals surface area contributed by atoms with Crippen molar-refractivity contribution in [1.29, 1.82) is 0 Å². The minimum atomic E-state index is -0.472. The van der Waals surface area contributed by atoms with Gasteiger partial charge in [0.25, 0.3) is 11.6 Å². The van der Waals surface area contributed by atoms with Crippen molar-refractivity contribution in [3.8, 4) is 11.5 Å². The van der Waals surface area contributed by atoms with Gasteiger partial charge in [-0.2, -0.15) is 0 Å². The van der Waals surface area contributed by atoms with Crippen LogP contribution in [0.25, 0.3) is 0 Å². The Bertz CT molecular complexity index is 1210. The van der Waals surface area contributed by atoms with Crippen LogP contribution in [0, 0.1) is 17.0 Å². The first-order chi connectivity index (χ1) is 16.9. The number of nitrogens with one attached hydrogen (secondary N) is 1. The van der Waals surface area contributed by atoms with Crippen molar-refractivity contribution in [2.24, 2.45) is 5.16 Å². The van der Waals surface area contributed by atoms with E-state index in [4.69, 9.17) is 25.9 Å². The van der Waals surface area contributed by atoms with Crippen molar-refractivity contribution in [1.82, 2.24) is 0 Å². The molecule has 0 heterocycles. The Morgan fingerprint density at radius 3 is 2.63 bits per heavy atom. The number of ether oxygens (including phenoxy) is 2. The topological polar surface area (TPSA) is 112 Å². The summed E-state index contributed by atoms with van der Waals surface area (Å²) in [5.74, 6) is 0.248. The third-order valence-electron chi connectivity index (χ3n) is 4.64. The predicted molar refractivity (Wildman–Crippen MR) is 133 cm³/mol. The van der Waals surface area contributed by atoms with E-state index >= 15 is 0 Å². The Morgan fingerprint density at radius 1 is 1.14 bits per heavy atom. The highest BCUT2D eigenvalue weighted by Crippen LogP contribution is 2.36. The summed E-state index contributed by atoms with van der Waals surface area (Å²) >= 11 is 6.38. The lowest BCUT2D eigenvalue weighted by molar-refractivity contribution is -0.384. The number of halogens is 1. The Balaban J connectivity index is 1.62. The highest BCUT2D eigenvalue weighted by atomic mass is 35.5. The fourth-order valence-corrected chi connectivity index (χ4v) is 3.28. The van der Waals surface area contributed by atoms with E-state index in [0.29, 0.717) is 29.2 Å². The van der Waals surface area contributed by atoms with Crippen LogP contribution in [0.15, 0.2) is 65.8 Å². The van der Waals surface area contributed by atoms with E-state index < -0.39 is 4.92 Å². The van der Waals surface area contributed by atoms with Gasteiger partial charge in [-0.3, -0.25) is 14.9 Å². The van der Waals surface area contributed by atoms with Crippen LogP contribution in [0.4, 0.5) is 11.4 Å². The second-order valence-corrected chi connectivity index (χ2v) is 7.81. The van der Waals surface area contributed by atoms with Gasteiger partial charge in [0.2, 0.25) is 0 Å². The lowest BCUT2D eigenvalue weighted by Crippen LogP contribution is -2.20. The normalized spacial score (nSPS) is 10.7. The van der Waals surface area contributed by atoms with Gasteiger partial charge in [-0.15, -0.1) is 0 Å². The average molecular weight is 498 g/mol. The Hall–Kier alpha value is -4.11. The summed E-state index contributed by atoms with van der Waals surface area (Å²) in [6, 6.07) is 16.8. The standard InChI is InChI=1S/C25H24ClN3O6/c1-3-33-23-13-19(14-27-35-15-18-5-4-6-21(11-18)29(31)32)12-22(26)25(23)34-16-24(30)28-20-9-7-17(2)8-10-20/h4-14H,3,15-16H2,1-2H3,(H,28,30)/b27-14-. The van der Waals surface area contributed by atoms with Crippen LogP contribution in [0.5, 0.6) is 11.5 Å². The van der Waals surface area contributed by atoms with Crippen LogP contribution >= 0.6 is 11.6 Å². The minimum absolute atomic E-state index is 0.0219. The SMILES string of the molecule is CCOc1cc(/C=N\OCc2cccc([N+](=O)[O-])c2)cc(Cl)c1OCC(=O)Nc1ccc(C)cc1. The van der Waals surface area contributed by atoms with E-state index in [9.17, 15) is 14.9 Å². The molecule has 35 heavy (non-hydrogen) atoms. The number of nitrogens with zero attached hydrogens (tertiary/aromatic N) is 2. The number of carbonyl (C=O) groups is 1. The number of anilines is 1. The molecule has 0 saturated carbocycles. The number of rotatable bonds is 11. The summed E-state index contributed by atoms with van der Waals surface area (Å²) in [6.07, 6.45) is 1.43. The summed E-state index contributed by atoms with van der Waals surface area (Å²) < 4.78 is 11.3. The molecule has 0 saturated heterocycles. The summed E-state index contributed by atoms with van der Waals surface area (Å²) in [5.41, 5.74) is 2.92. The first-order valence-corrected chi connectivity index (χ1v) is 11.1. The smallest absolute Gasteiger partial charge is 0.269 e. The largest absolute Gasteiger partial charge is 0.490 e. The second kappa shape index (κ2) is 12.4. The van der Waals surface area contributed by atoms with Gasteiger partial charge < -0.3 is 19.6 Å². The average Bonchev–Trinajstić information content (AvgIpc) is 2.83. The van der Waals surface area contributed by atoms with Crippen LogP contribution in [0.1, 0.15) is 23.6 Å². The van der Waals surface area contributed by atoms with Gasteiger partial charge in [-0.1, -0.05) is 46.6 Å². The lowest BCUT2D eigenvalue weighted by Gasteiger charge is -2.14. The molecule has 1 amide bonds. The molecule has 3 rings (SSSR count). The number of aryl methyl sites for hydroxylation is 1. The third-order valence-corrected chi connectivity index (χ3v) is 4.92. The van der Waals surface area contributed by atoms with Gasteiger partial charge >= 0.3 is 0 Å². The highest BCUT2D eigenvalue weighted by molar-refractivity contribution is 6.32. The number of non-ortho nitro benzene ring substituents is 1. The molecular formula is C25H24ClN3O6. The van der Waals surface area contributed by atoms with Crippen LogP contribution in [0.3, 0.4) is 0 Å². The molecule has 0 spiro atoms. The van der Waals surface area contributed by atoms with Crippen molar-refractivity contribution in [3.63, 3.8) is 0 Å². The maximum absolute atomic E-state index is 12.3. The van der Waals surface area contributed by atoms with E-state index in [0.717, 1.165) is 5.56 Å². The maximum Gasteiger partial charge on any atom is 0.269 e. The van der Waals surface area contributed by atoms with E-state index in [2.05, 4.69) is 10.5 Å². The number of nitro benzene ring substituents is 1. The monoisotopic (exact) mass is 497 g/mol. The summed E-state index contributed by atoms with van der Waals surface area (Å²) in [4.78, 5) is 27.9. The zero-order valence-electron chi connectivity index (χ0n) is 19.2. The molecule has 0 radical (unpaired) electrons. The number of benzene rings is 3. The molecule has 0 fully saturated rings. The van der Waals surface area contributed by atoms with Crippen LogP contribution in [0.2, 0.25) is 5.02 Å². The van der Waals surface area contributed by atoms with Crippen molar-refractivity contribution in [2.75, 3.05) is 18.5 Å². The minimum Gasteiger partial charge on any atom is -0.490 e. The van der Waals surface area contributed by atoms with Crippen molar-refractivity contribution in [3.05, 3.63) is 92.5 Å². The first-order valence-electron chi connectivity index (χ1n) is 10.7. The van der Waals surface area contributed by atoms with E-state index in [1.165, 1.54) is 18.3 Å². The molecule has 0 atom stereocenters. The van der Waals surface area contributed by atoms with Gasteiger partial charge in [-0.05, 0) is 43.7 Å². The molecule has 0 aliphatic rings. The van der Waals surface area contributed by atoms with Crippen LogP contribution < -0.4 is 14.8 Å². The molecule has 0 bridgehead atoms. The Morgan fingerprint density at radius 2 is 1.91 bits per heavy atom. The zero-order chi connectivity index (χ0) is 25.2. The van der Waals surface area contributed by atoms with Crippen LogP contribution in [-0.4, -0.2) is 30.3 Å². The number of carbonyl (C=O) groups excluding carboxylic acids is 1. The fourth-order valence-electron chi connectivity index (χ4n) is 3.01. The number of hydrogen-bond donors (Lipinski definition) is 1. The molecule has 0 aromatic heterocycles. The maximum atomic E-state index is 12.3. The van der Waals surface area contributed by atoms with E-state index in [-0.39, 0.29) is 35.6 Å². The zero-order valence-corrected chi connectivity index (χ0v) is 19.9. The summed E-state index contributed by atoms with van der Waals surface area (Å²) in [6.45, 7) is 3.93. The Kier molecular flexibility index (Phi) is 9.02. The molecule has 0 aliphatic heterocycles. The molecule has 0 aliphatic carbocycles. The van der Waals surface area contributed by atoms with Gasteiger partial charge in [0, 0.05) is 23.4 Å². The second-order valence-electron chi connectivity index (χ2n) is 7.40. The number of nitro groups is 1. The van der Waals surface area contributed by atoms with Crippen molar-refractivity contribution < 1.29 is 24.0 Å². The quantitative estimate of drug-likeness (QED) is 0.212. The fraction of sp³-hybridized carbons (Fsp3) is 0.200.